The molecule has 1 N–H and O–H groups in total. The average Bonchev–Trinajstić information content (AvgIpc) is 2.42. The summed E-state index contributed by atoms with van der Waals surface area (Å²) in [4.78, 5) is 12.5. The summed E-state index contributed by atoms with van der Waals surface area (Å²) < 4.78 is 1.92. The highest BCUT2D eigenvalue weighted by molar-refractivity contribution is 14.1. The monoisotopic (exact) mass is 499 g/mol. The summed E-state index contributed by atoms with van der Waals surface area (Å²) in [6.45, 7) is 0. The quantitative estimate of drug-likeness (QED) is 0.465. The van der Waals surface area contributed by atoms with E-state index in [1.807, 2.05) is 18.2 Å². The van der Waals surface area contributed by atoms with Gasteiger partial charge >= 0.3 is 0 Å². The molecule has 0 heterocycles. The zero-order valence-electron chi connectivity index (χ0n) is 10.5. The predicted octanol–water partition coefficient (Wildman–Crippen LogP) is 4.88. The molecule has 1 aromatic rings. The molecule has 1 amide bonds. The molecule has 1 aliphatic rings. The maximum absolute atomic E-state index is 12.5. The second-order valence-electron chi connectivity index (χ2n) is 5.05. The molecule has 0 bridgehead atoms. The maximum Gasteiger partial charge on any atom is 0.252 e. The van der Waals surface area contributed by atoms with Crippen LogP contribution < -0.4 is 5.32 Å². The van der Waals surface area contributed by atoms with Crippen molar-refractivity contribution in [2.45, 2.75) is 37.6 Å². The largest absolute Gasteiger partial charge is 0.346 e. The van der Waals surface area contributed by atoms with Crippen LogP contribution in [0.2, 0.25) is 0 Å². The van der Waals surface area contributed by atoms with E-state index in [4.69, 9.17) is 0 Å². The molecule has 104 valence electrons. The van der Waals surface area contributed by atoms with E-state index in [-0.39, 0.29) is 11.4 Å². The second kappa shape index (κ2) is 6.89. The molecule has 0 aliphatic heterocycles. The van der Waals surface area contributed by atoms with Crippen molar-refractivity contribution in [3.8, 4) is 0 Å². The summed E-state index contributed by atoms with van der Waals surface area (Å²) >= 11 is 9.26. The normalized spacial score (nSPS) is 18.1. The highest BCUT2D eigenvalue weighted by Crippen LogP contribution is 2.30. The van der Waals surface area contributed by atoms with Crippen molar-refractivity contribution in [1.29, 1.82) is 0 Å². The molecule has 2 rings (SSSR count). The van der Waals surface area contributed by atoms with Crippen molar-refractivity contribution >= 4 is 60.4 Å². The number of benzene rings is 1. The lowest BCUT2D eigenvalue weighted by molar-refractivity contribution is 0.0885. The molecular weight excluding hydrogens is 485 g/mol. The third-order valence-electron chi connectivity index (χ3n) is 3.62. The van der Waals surface area contributed by atoms with Crippen LogP contribution in [-0.2, 0) is 0 Å². The van der Waals surface area contributed by atoms with Crippen LogP contribution in [0.5, 0.6) is 0 Å². The van der Waals surface area contributed by atoms with Gasteiger partial charge in [0, 0.05) is 13.4 Å². The van der Waals surface area contributed by atoms with Gasteiger partial charge in [0.25, 0.3) is 5.91 Å². The number of halogens is 3. The van der Waals surface area contributed by atoms with Crippen molar-refractivity contribution in [2.24, 2.45) is 0 Å². The Kier molecular flexibility index (Phi) is 5.72. The first-order valence-electron chi connectivity index (χ1n) is 6.40. The first-order valence-corrected chi connectivity index (χ1v) is 9.39. The number of carbonyl (C=O) groups excluding carboxylic acids is 1. The zero-order valence-corrected chi connectivity index (χ0v) is 15.8. The fraction of sp³-hybridized carbons (Fsp3) is 0.500. The van der Waals surface area contributed by atoms with Gasteiger partial charge in [0.1, 0.15) is 0 Å². The van der Waals surface area contributed by atoms with Crippen LogP contribution in [0.1, 0.15) is 42.5 Å². The molecule has 0 spiro atoms. The minimum Gasteiger partial charge on any atom is -0.346 e. The Bertz CT molecular complexity index is 473. The maximum atomic E-state index is 12.5. The lowest BCUT2D eigenvalue weighted by atomic mass is 9.83. The molecule has 1 aromatic carbocycles. The van der Waals surface area contributed by atoms with E-state index in [0.29, 0.717) is 0 Å². The van der Waals surface area contributed by atoms with Crippen molar-refractivity contribution in [3.63, 3.8) is 0 Å². The first kappa shape index (κ1) is 15.8. The molecule has 1 fully saturated rings. The molecule has 2 nitrogen and oxygen atoms in total. The van der Waals surface area contributed by atoms with Crippen LogP contribution in [-0.4, -0.2) is 16.8 Å². The van der Waals surface area contributed by atoms with E-state index in [0.717, 1.165) is 31.8 Å². The van der Waals surface area contributed by atoms with E-state index in [2.05, 4.69) is 59.8 Å². The number of amides is 1. The second-order valence-corrected chi connectivity index (χ2v) is 7.71. The summed E-state index contributed by atoms with van der Waals surface area (Å²) in [5, 5.41) is 4.07. The van der Waals surface area contributed by atoms with Gasteiger partial charge in [-0.05, 0) is 69.6 Å². The van der Waals surface area contributed by atoms with Gasteiger partial charge in [-0.1, -0.05) is 35.2 Å². The Labute approximate surface area is 144 Å². The minimum atomic E-state index is -0.0734. The predicted molar refractivity (Wildman–Crippen MR) is 93.9 cm³/mol. The van der Waals surface area contributed by atoms with Gasteiger partial charge in [-0.3, -0.25) is 4.79 Å². The van der Waals surface area contributed by atoms with Crippen LogP contribution in [0.15, 0.2) is 22.7 Å². The van der Waals surface area contributed by atoms with E-state index in [9.17, 15) is 4.79 Å². The topological polar surface area (TPSA) is 29.1 Å². The third-order valence-corrected chi connectivity index (χ3v) is 6.05. The minimum absolute atomic E-state index is 0.0201. The number of nitrogens with one attached hydrogen (secondary N) is 1. The third kappa shape index (κ3) is 3.94. The van der Waals surface area contributed by atoms with Crippen molar-refractivity contribution in [1.82, 2.24) is 5.32 Å². The molecular formula is C14H16Br2INO. The highest BCUT2D eigenvalue weighted by Gasteiger charge is 2.33. The Morgan fingerprint density at radius 2 is 2.00 bits per heavy atom. The van der Waals surface area contributed by atoms with E-state index in [1.54, 1.807) is 0 Å². The fourth-order valence-electron chi connectivity index (χ4n) is 2.50. The Balaban J connectivity index is 2.17. The zero-order chi connectivity index (χ0) is 13.9. The molecule has 5 heteroatoms. The number of carbonyl (C=O) groups is 1. The van der Waals surface area contributed by atoms with Gasteiger partial charge in [-0.2, -0.15) is 0 Å². The van der Waals surface area contributed by atoms with Crippen LogP contribution in [0.3, 0.4) is 0 Å². The number of hydrogen-bond acceptors (Lipinski definition) is 1. The molecule has 0 radical (unpaired) electrons. The molecule has 1 saturated carbocycles. The number of alkyl halides is 1. The van der Waals surface area contributed by atoms with Crippen LogP contribution in [0.4, 0.5) is 0 Å². The summed E-state index contributed by atoms with van der Waals surface area (Å²) in [6.07, 6.45) is 5.79. The summed E-state index contributed by atoms with van der Waals surface area (Å²) in [7, 11) is 0. The molecule has 0 saturated heterocycles. The van der Waals surface area contributed by atoms with E-state index in [1.165, 1.54) is 19.3 Å². The van der Waals surface area contributed by atoms with Gasteiger partial charge in [-0.25, -0.2) is 0 Å². The Morgan fingerprint density at radius 3 is 2.63 bits per heavy atom. The van der Waals surface area contributed by atoms with Gasteiger partial charge in [0.15, 0.2) is 0 Å². The van der Waals surface area contributed by atoms with Crippen molar-refractivity contribution in [3.05, 3.63) is 31.8 Å². The summed E-state index contributed by atoms with van der Waals surface area (Å²) in [6, 6.07) is 5.84. The van der Waals surface area contributed by atoms with Gasteiger partial charge in [0.2, 0.25) is 0 Å². The number of rotatable bonds is 3. The van der Waals surface area contributed by atoms with Crippen LogP contribution >= 0.6 is 54.5 Å². The summed E-state index contributed by atoms with van der Waals surface area (Å²) in [5.41, 5.74) is 0.647. The fourth-order valence-corrected chi connectivity index (χ4v) is 4.12. The van der Waals surface area contributed by atoms with Crippen molar-refractivity contribution in [2.75, 3.05) is 5.33 Å². The lowest BCUT2D eigenvalue weighted by Crippen LogP contribution is -2.51. The summed E-state index contributed by atoms with van der Waals surface area (Å²) in [5.74, 6) is 0.0201. The molecule has 0 aromatic heterocycles. The highest BCUT2D eigenvalue weighted by atomic mass is 127. The molecule has 0 unspecified atom stereocenters. The molecule has 19 heavy (non-hydrogen) atoms. The van der Waals surface area contributed by atoms with Gasteiger partial charge < -0.3 is 5.32 Å². The average molecular weight is 501 g/mol. The van der Waals surface area contributed by atoms with E-state index < -0.39 is 0 Å². The Morgan fingerprint density at radius 1 is 1.32 bits per heavy atom. The van der Waals surface area contributed by atoms with Crippen LogP contribution in [0, 0.1) is 3.57 Å². The standard InChI is InChI=1S/C14H16Br2INO/c15-9-14(6-2-1-3-7-14)18-13(19)11-8-10(17)4-5-12(11)16/h4-5,8H,1-3,6-7,9H2,(H,18,19). The smallest absolute Gasteiger partial charge is 0.252 e. The Hall–Kier alpha value is 0.380. The first-order chi connectivity index (χ1) is 9.06. The lowest BCUT2D eigenvalue weighted by Gasteiger charge is -2.36. The van der Waals surface area contributed by atoms with Gasteiger partial charge in [0.05, 0.1) is 11.1 Å². The van der Waals surface area contributed by atoms with Crippen LogP contribution in [0.25, 0.3) is 0 Å². The van der Waals surface area contributed by atoms with Gasteiger partial charge in [-0.15, -0.1) is 0 Å². The van der Waals surface area contributed by atoms with E-state index >= 15 is 0 Å². The van der Waals surface area contributed by atoms with Crippen molar-refractivity contribution < 1.29 is 4.79 Å². The molecule has 0 atom stereocenters. The number of hydrogen-bond donors (Lipinski definition) is 1. The molecule has 1 aliphatic carbocycles. The SMILES string of the molecule is O=C(NC1(CBr)CCCCC1)c1cc(I)ccc1Br.